The number of hydrogen-bond acceptors (Lipinski definition) is 3. The summed E-state index contributed by atoms with van der Waals surface area (Å²) in [5.41, 5.74) is -0.702. The maximum Gasteiger partial charge on any atom is 0.320 e. The first-order valence-electron chi connectivity index (χ1n) is 7.09. The zero-order valence-electron chi connectivity index (χ0n) is 12.9. The van der Waals surface area contributed by atoms with Gasteiger partial charge < -0.3 is 19.6 Å². The van der Waals surface area contributed by atoms with Gasteiger partial charge in [-0.05, 0) is 33.6 Å². The van der Waals surface area contributed by atoms with Crippen molar-refractivity contribution in [2.24, 2.45) is 5.41 Å². The van der Waals surface area contributed by atoms with E-state index in [1.807, 2.05) is 13.8 Å². The summed E-state index contributed by atoms with van der Waals surface area (Å²) in [7, 11) is 1.61. The smallest absolute Gasteiger partial charge is 0.320 e. The van der Waals surface area contributed by atoms with Crippen LogP contribution in [0.1, 0.15) is 33.6 Å². The lowest BCUT2D eigenvalue weighted by Crippen LogP contribution is -2.52. The molecule has 0 saturated carbocycles. The topological polar surface area (TPSA) is 70.1 Å². The molecule has 0 bridgehead atoms. The van der Waals surface area contributed by atoms with Gasteiger partial charge in [0.1, 0.15) is 0 Å². The van der Waals surface area contributed by atoms with Crippen molar-refractivity contribution in [1.82, 2.24) is 9.80 Å². The minimum atomic E-state index is -0.773. The van der Waals surface area contributed by atoms with E-state index in [0.29, 0.717) is 39.1 Å². The highest BCUT2D eigenvalue weighted by Crippen LogP contribution is 2.31. The lowest BCUT2D eigenvalue weighted by molar-refractivity contribution is -0.150. The molecule has 6 nitrogen and oxygen atoms in total. The standard InChI is InChI=1S/C14H26N2O4/c1-11(2)16(9-10-20-4)13(19)15-7-5-14(3,6-8-15)12(17)18/h11H,5-10H2,1-4H3,(H,17,18). The second-order valence-electron chi connectivity index (χ2n) is 5.92. The van der Waals surface area contributed by atoms with Gasteiger partial charge in [-0.2, -0.15) is 0 Å². The fourth-order valence-corrected chi connectivity index (χ4v) is 2.35. The minimum Gasteiger partial charge on any atom is -0.481 e. The van der Waals surface area contributed by atoms with Crippen LogP contribution in [-0.2, 0) is 9.53 Å². The summed E-state index contributed by atoms with van der Waals surface area (Å²) < 4.78 is 5.03. The maximum absolute atomic E-state index is 12.5. The van der Waals surface area contributed by atoms with Crippen LogP contribution < -0.4 is 0 Å². The SMILES string of the molecule is COCCN(C(=O)N1CCC(C)(C(=O)O)CC1)C(C)C. The third kappa shape index (κ3) is 3.85. The molecule has 1 N–H and O–H groups in total. The van der Waals surface area contributed by atoms with Gasteiger partial charge in [0.25, 0.3) is 0 Å². The Kier molecular flexibility index (Phi) is 5.80. The number of carboxylic acid groups (broad SMARTS) is 1. The Morgan fingerprint density at radius 1 is 1.35 bits per heavy atom. The molecule has 0 aromatic rings. The zero-order valence-corrected chi connectivity index (χ0v) is 12.9. The van der Waals surface area contributed by atoms with E-state index < -0.39 is 11.4 Å². The number of rotatable bonds is 5. The number of carboxylic acids is 1. The largest absolute Gasteiger partial charge is 0.481 e. The minimum absolute atomic E-state index is 0.0236. The quantitative estimate of drug-likeness (QED) is 0.834. The predicted octanol–water partition coefficient (Wildman–Crippen LogP) is 1.65. The number of hydrogen-bond donors (Lipinski definition) is 1. The average Bonchev–Trinajstić information content (AvgIpc) is 2.39. The Morgan fingerprint density at radius 2 is 1.90 bits per heavy atom. The Bertz CT molecular complexity index is 349. The van der Waals surface area contributed by atoms with Crippen molar-refractivity contribution in [3.05, 3.63) is 0 Å². The van der Waals surface area contributed by atoms with Crippen LogP contribution >= 0.6 is 0 Å². The summed E-state index contributed by atoms with van der Waals surface area (Å²) in [6, 6.07) is 0.0786. The predicted molar refractivity (Wildman–Crippen MR) is 75.7 cm³/mol. The summed E-state index contributed by atoms with van der Waals surface area (Å²) in [6.07, 6.45) is 1.01. The molecular weight excluding hydrogens is 260 g/mol. The molecular formula is C14H26N2O4. The molecule has 0 aliphatic carbocycles. The van der Waals surface area contributed by atoms with Gasteiger partial charge in [0.2, 0.25) is 0 Å². The van der Waals surface area contributed by atoms with E-state index in [4.69, 9.17) is 4.74 Å². The average molecular weight is 286 g/mol. The second-order valence-corrected chi connectivity index (χ2v) is 5.92. The van der Waals surface area contributed by atoms with Crippen LogP contribution in [0.4, 0.5) is 4.79 Å². The van der Waals surface area contributed by atoms with Crippen molar-refractivity contribution in [2.75, 3.05) is 33.4 Å². The van der Waals surface area contributed by atoms with E-state index in [1.54, 1.807) is 23.8 Å². The Balaban J connectivity index is 2.62. The Labute approximate surface area is 120 Å². The Morgan fingerprint density at radius 3 is 2.30 bits per heavy atom. The molecule has 1 heterocycles. The van der Waals surface area contributed by atoms with Crippen molar-refractivity contribution in [3.63, 3.8) is 0 Å². The molecule has 1 aliphatic rings. The van der Waals surface area contributed by atoms with E-state index >= 15 is 0 Å². The summed E-state index contributed by atoms with van der Waals surface area (Å²) in [5.74, 6) is -0.773. The lowest BCUT2D eigenvalue weighted by atomic mass is 9.80. The van der Waals surface area contributed by atoms with Crippen LogP contribution in [0.25, 0.3) is 0 Å². The molecule has 0 aromatic carbocycles. The van der Waals surface area contributed by atoms with Gasteiger partial charge in [0.05, 0.1) is 12.0 Å². The number of amides is 2. The van der Waals surface area contributed by atoms with Crippen molar-refractivity contribution in [3.8, 4) is 0 Å². The highest BCUT2D eigenvalue weighted by atomic mass is 16.5. The van der Waals surface area contributed by atoms with Crippen LogP contribution in [0.3, 0.4) is 0 Å². The lowest BCUT2D eigenvalue weighted by Gasteiger charge is -2.39. The van der Waals surface area contributed by atoms with Crippen molar-refractivity contribution in [1.29, 1.82) is 0 Å². The number of aliphatic carboxylic acids is 1. The molecule has 2 amide bonds. The fraction of sp³-hybridized carbons (Fsp3) is 0.857. The van der Waals surface area contributed by atoms with Gasteiger partial charge in [0, 0.05) is 32.8 Å². The van der Waals surface area contributed by atoms with Crippen LogP contribution in [0.5, 0.6) is 0 Å². The molecule has 116 valence electrons. The molecule has 0 atom stereocenters. The Hall–Kier alpha value is -1.30. The third-order valence-electron chi connectivity index (χ3n) is 4.06. The molecule has 1 fully saturated rings. The van der Waals surface area contributed by atoms with Gasteiger partial charge in [-0.1, -0.05) is 0 Å². The number of carbonyl (C=O) groups excluding carboxylic acids is 1. The number of ether oxygens (including phenoxy) is 1. The molecule has 0 unspecified atom stereocenters. The van der Waals surface area contributed by atoms with E-state index in [1.165, 1.54) is 0 Å². The number of likely N-dealkylation sites (tertiary alicyclic amines) is 1. The summed E-state index contributed by atoms with van der Waals surface area (Å²) in [6.45, 7) is 7.75. The van der Waals surface area contributed by atoms with Gasteiger partial charge in [-0.15, -0.1) is 0 Å². The van der Waals surface area contributed by atoms with Crippen molar-refractivity contribution >= 4 is 12.0 Å². The third-order valence-corrected chi connectivity index (χ3v) is 4.06. The first-order valence-corrected chi connectivity index (χ1v) is 7.09. The zero-order chi connectivity index (χ0) is 15.3. The van der Waals surface area contributed by atoms with E-state index in [2.05, 4.69) is 0 Å². The van der Waals surface area contributed by atoms with E-state index in [-0.39, 0.29) is 12.1 Å². The highest BCUT2D eigenvalue weighted by Gasteiger charge is 2.39. The van der Waals surface area contributed by atoms with E-state index in [0.717, 1.165) is 0 Å². The van der Waals surface area contributed by atoms with Gasteiger partial charge in [-0.25, -0.2) is 4.79 Å². The molecule has 1 rings (SSSR count). The number of piperidine rings is 1. The van der Waals surface area contributed by atoms with Crippen LogP contribution in [0, 0.1) is 5.41 Å². The van der Waals surface area contributed by atoms with Gasteiger partial charge >= 0.3 is 12.0 Å². The van der Waals surface area contributed by atoms with E-state index in [9.17, 15) is 14.7 Å². The number of carbonyl (C=O) groups is 2. The number of methoxy groups -OCH3 is 1. The highest BCUT2D eigenvalue weighted by molar-refractivity contribution is 5.77. The fourth-order valence-electron chi connectivity index (χ4n) is 2.35. The molecule has 0 radical (unpaired) electrons. The molecule has 6 heteroatoms. The first-order chi connectivity index (χ1) is 9.31. The second kappa shape index (κ2) is 6.92. The first kappa shape index (κ1) is 16.8. The van der Waals surface area contributed by atoms with Gasteiger partial charge in [0.15, 0.2) is 0 Å². The summed E-state index contributed by atoms with van der Waals surface area (Å²) in [4.78, 5) is 27.2. The number of urea groups is 1. The van der Waals surface area contributed by atoms with Gasteiger partial charge in [-0.3, -0.25) is 4.79 Å². The van der Waals surface area contributed by atoms with Crippen molar-refractivity contribution in [2.45, 2.75) is 39.7 Å². The van der Waals surface area contributed by atoms with Crippen LogP contribution in [-0.4, -0.2) is 66.3 Å². The van der Waals surface area contributed by atoms with Crippen LogP contribution in [0.2, 0.25) is 0 Å². The molecule has 1 saturated heterocycles. The molecule has 1 aliphatic heterocycles. The van der Waals surface area contributed by atoms with Crippen LogP contribution in [0.15, 0.2) is 0 Å². The normalized spacial score (nSPS) is 18.1. The monoisotopic (exact) mass is 286 g/mol. The molecule has 0 aromatic heterocycles. The molecule has 20 heavy (non-hydrogen) atoms. The number of nitrogens with zero attached hydrogens (tertiary/aromatic N) is 2. The summed E-state index contributed by atoms with van der Waals surface area (Å²) in [5, 5.41) is 9.21. The maximum atomic E-state index is 12.5. The summed E-state index contributed by atoms with van der Waals surface area (Å²) >= 11 is 0. The van der Waals surface area contributed by atoms with Crippen molar-refractivity contribution < 1.29 is 19.4 Å². The molecule has 0 spiro atoms.